The van der Waals surface area contributed by atoms with Crippen LogP contribution in [0, 0.1) is 0 Å². The first-order chi connectivity index (χ1) is 13.6. The van der Waals surface area contributed by atoms with Crippen LogP contribution in [0.25, 0.3) is 11.0 Å². The molecule has 8 nitrogen and oxygen atoms in total. The Morgan fingerprint density at radius 1 is 1.25 bits per heavy atom. The van der Waals surface area contributed by atoms with E-state index < -0.39 is 6.10 Å². The number of fused-ring (bicyclic) bond motifs is 1. The zero-order chi connectivity index (χ0) is 19.5. The van der Waals surface area contributed by atoms with Gasteiger partial charge < -0.3 is 15.2 Å². The highest BCUT2D eigenvalue weighted by Gasteiger charge is 2.15. The third kappa shape index (κ3) is 3.85. The van der Waals surface area contributed by atoms with E-state index in [-0.39, 0.29) is 11.8 Å². The molecule has 1 aromatic carbocycles. The fourth-order valence-corrected chi connectivity index (χ4v) is 3.45. The van der Waals surface area contributed by atoms with Gasteiger partial charge in [-0.1, -0.05) is 0 Å². The summed E-state index contributed by atoms with van der Waals surface area (Å²) in [4.78, 5) is 18.6. The minimum atomic E-state index is -0.523. The van der Waals surface area contributed by atoms with Crippen LogP contribution >= 0.6 is 11.3 Å². The maximum absolute atomic E-state index is 12.6. The molecule has 9 heteroatoms. The number of carbonyl (C=O) groups is 1. The van der Waals surface area contributed by atoms with E-state index in [1.54, 1.807) is 43.5 Å². The summed E-state index contributed by atoms with van der Waals surface area (Å²) in [5, 5.41) is 20.0. The topological polar surface area (TPSA) is 110 Å². The molecular formula is C19H16N4O4S. The lowest BCUT2D eigenvalue weighted by atomic mass is 10.2. The van der Waals surface area contributed by atoms with Gasteiger partial charge in [0, 0.05) is 22.0 Å². The molecule has 0 aliphatic heterocycles. The van der Waals surface area contributed by atoms with Crippen molar-refractivity contribution in [3.05, 3.63) is 64.0 Å². The molecule has 0 bridgehead atoms. The van der Waals surface area contributed by atoms with Gasteiger partial charge in [0.2, 0.25) is 5.88 Å². The number of pyridine rings is 1. The fourth-order valence-electron chi connectivity index (χ4n) is 2.56. The van der Waals surface area contributed by atoms with Gasteiger partial charge in [0.1, 0.15) is 22.3 Å². The van der Waals surface area contributed by atoms with Crippen LogP contribution in [-0.4, -0.2) is 26.3 Å². The number of rotatable bonds is 6. The molecule has 0 saturated heterocycles. The number of aliphatic hydroxyl groups is 1. The van der Waals surface area contributed by atoms with E-state index in [4.69, 9.17) is 4.74 Å². The lowest BCUT2D eigenvalue weighted by molar-refractivity contribution is 0.0948. The number of aliphatic hydroxyl groups excluding tert-OH is 1. The monoisotopic (exact) mass is 396 g/mol. The number of nitrogens with one attached hydrogen (secondary N) is 1. The number of carbonyl (C=O) groups excluding carboxylic acids is 1. The van der Waals surface area contributed by atoms with Crippen molar-refractivity contribution in [3.8, 4) is 11.6 Å². The third-order valence-corrected chi connectivity index (χ3v) is 5.23. The molecule has 4 rings (SSSR count). The van der Waals surface area contributed by atoms with Crippen LogP contribution in [-0.2, 0) is 6.54 Å². The van der Waals surface area contributed by atoms with E-state index in [0.29, 0.717) is 28.9 Å². The summed E-state index contributed by atoms with van der Waals surface area (Å²) < 4.78 is 10.5. The van der Waals surface area contributed by atoms with E-state index in [9.17, 15) is 9.90 Å². The highest BCUT2D eigenvalue weighted by atomic mass is 32.1. The number of thiophene rings is 1. The number of benzene rings is 1. The highest BCUT2D eigenvalue weighted by molar-refractivity contribution is 7.12. The molecule has 0 aliphatic carbocycles. The minimum Gasteiger partial charge on any atom is -0.438 e. The molecular weight excluding hydrogens is 380 g/mol. The lowest BCUT2D eigenvalue weighted by Crippen LogP contribution is -2.23. The molecule has 28 heavy (non-hydrogen) atoms. The van der Waals surface area contributed by atoms with Crippen LogP contribution in [0.5, 0.6) is 11.6 Å². The van der Waals surface area contributed by atoms with Gasteiger partial charge in [-0.2, -0.15) is 0 Å². The first kappa shape index (κ1) is 18.1. The summed E-state index contributed by atoms with van der Waals surface area (Å²) in [7, 11) is 0. The summed E-state index contributed by atoms with van der Waals surface area (Å²) in [6, 6.07) is 12.1. The molecule has 0 fully saturated rings. The number of hydrogen-bond donors (Lipinski definition) is 2. The SMILES string of the molecule is CC(O)c1ccc(CNC(=O)c2cccnc2Oc2ccc3nonc3c2)s1. The van der Waals surface area contributed by atoms with Gasteiger partial charge >= 0.3 is 0 Å². The Hall–Kier alpha value is -3.30. The van der Waals surface area contributed by atoms with Crippen molar-refractivity contribution >= 4 is 28.3 Å². The molecule has 1 unspecified atom stereocenters. The summed E-state index contributed by atoms with van der Waals surface area (Å²) in [5.74, 6) is 0.349. The molecule has 0 aliphatic rings. The number of amides is 1. The van der Waals surface area contributed by atoms with Gasteiger partial charge in [0.15, 0.2) is 0 Å². The number of ether oxygens (including phenoxy) is 1. The standard InChI is InChI=1S/C19H16N4O4S/c1-11(24)17-7-5-13(28-17)10-21-18(25)14-3-2-8-20-19(14)26-12-4-6-15-16(9-12)23-27-22-15/h2-9,11,24H,10H2,1H3,(H,21,25). The average molecular weight is 396 g/mol. The van der Waals surface area contributed by atoms with Gasteiger partial charge in [-0.15, -0.1) is 11.3 Å². The zero-order valence-corrected chi connectivity index (χ0v) is 15.6. The first-order valence-electron chi connectivity index (χ1n) is 8.50. The Kier molecular flexibility index (Phi) is 5.00. The molecule has 142 valence electrons. The van der Waals surface area contributed by atoms with Crippen molar-refractivity contribution in [1.29, 1.82) is 0 Å². The number of aromatic nitrogens is 3. The van der Waals surface area contributed by atoms with E-state index in [1.807, 2.05) is 12.1 Å². The first-order valence-corrected chi connectivity index (χ1v) is 9.32. The van der Waals surface area contributed by atoms with Crippen molar-refractivity contribution in [2.75, 3.05) is 0 Å². The van der Waals surface area contributed by atoms with Crippen molar-refractivity contribution in [1.82, 2.24) is 20.6 Å². The molecule has 2 N–H and O–H groups in total. The van der Waals surface area contributed by atoms with Crippen molar-refractivity contribution in [2.24, 2.45) is 0 Å². The van der Waals surface area contributed by atoms with Gasteiger partial charge in [0.25, 0.3) is 5.91 Å². The van der Waals surface area contributed by atoms with E-state index in [0.717, 1.165) is 9.75 Å². The smallest absolute Gasteiger partial charge is 0.257 e. The molecule has 3 heterocycles. The van der Waals surface area contributed by atoms with Crippen LogP contribution < -0.4 is 10.1 Å². The zero-order valence-electron chi connectivity index (χ0n) is 14.8. The van der Waals surface area contributed by atoms with Crippen molar-refractivity contribution < 1.29 is 19.3 Å². The largest absolute Gasteiger partial charge is 0.438 e. The van der Waals surface area contributed by atoms with Crippen LogP contribution in [0.2, 0.25) is 0 Å². The lowest BCUT2D eigenvalue weighted by Gasteiger charge is -2.10. The highest BCUT2D eigenvalue weighted by Crippen LogP contribution is 2.26. The van der Waals surface area contributed by atoms with Crippen molar-refractivity contribution in [3.63, 3.8) is 0 Å². The molecule has 1 amide bonds. The fraction of sp³-hybridized carbons (Fsp3) is 0.158. The molecule has 3 aromatic heterocycles. The van der Waals surface area contributed by atoms with Crippen LogP contribution in [0.4, 0.5) is 0 Å². The van der Waals surface area contributed by atoms with Crippen molar-refractivity contribution in [2.45, 2.75) is 19.6 Å². The molecule has 0 saturated carbocycles. The predicted octanol–water partition coefficient (Wildman–Crippen LogP) is 3.45. The third-order valence-electron chi connectivity index (χ3n) is 3.97. The molecule has 0 radical (unpaired) electrons. The minimum absolute atomic E-state index is 0.187. The second-order valence-corrected chi connectivity index (χ2v) is 7.24. The normalized spacial score (nSPS) is 12.1. The molecule has 4 aromatic rings. The number of hydrogen-bond acceptors (Lipinski definition) is 8. The van der Waals surface area contributed by atoms with E-state index in [1.165, 1.54) is 11.3 Å². The second kappa shape index (κ2) is 7.75. The van der Waals surface area contributed by atoms with Gasteiger partial charge in [0.05, 0.1) is 12.6 Å². The predicted molar refractivity (Wildman–Crippen MR) is 102 cm³/mol. The van der Waals surface area contributed by atoms with Crippen LogP contribution in [0.15, 0.2) is 53.3 Å². The average Bonchev–Trinajstić information content (AvgIpc) is 3.35. The number of nitrogens with zero attached hydrogens (tertiary/aromatic N) is 3. The summed E-state index contributed by atoms with van der Waals surface area (Å²) >= 11 is 1.45. The maximum atomic E-state index is 12.6. The van der Waals surface area contributed by atoms with Gasteiger partial charge in [-0.25, -0.2) is 9.61 Å². The van der Waals surface area contributed by atoms with E-state index >= 15 is 0 Å². The Balaban J connectivity index is 1.48. The Morgan fingerprint density at radius 3 is 2.93 bits per heavy atom. The summed E-state index contributed by atoms with van der Waals surface area (Å²) in [6.45, 7) is 2.06. The van der Waals surface area contributed by atoms with E-state index in [2.05, 4.69) is 25.2 Å². The maximum Gasteiger partial charge on any atom is 0.257 e. The van der Waals surface area contributed by atoms with Crippen LogP contribution in [0.3, 0.4) is 0 Å². The quantitative estimate of drug-likeness (QED) is 0.513. The molecule has 0 spiro atoms. The Bertz CT molecular complexity index is 1120. The summed E-state index contributed by atoms with van der Waals surface area (Å²) in [5.41, 5.74) is 1.47. The second-order valence-electron chi connectivity index (χ2n) is 6.04. The van der Waals surface area contributed by atoms with Crippen LogP contribution in [0.1, 0.15) is 33.1 Å². The molecule has 1 atom stereocenters. The Morgan fingerprint density at radius 2 is 2.11 bits per heavy atom. The Labute approximate surface area is 163 Å². The van der Waals surface area contributed by atoms with Gasteiger partial charge in [-0.3, -0.25) is 4.79 Å². The van der Waals surface area contributed by atoms with Gasteiger partial charge in [-0.05, 0) is 53.6 Å². The summed E-state index contributed by atoms with van der Waals surface area (Å²) in [6.07, 6.45) is 1.03.